The van der Waals surface area contributed by atoms with Crippen LogP contribution in [-0.4, -0.2) is 48.4 Å². The third-order valence-electron chi connectivity index (χ3n) is 14.6. The highest BCUT2D eigenvalue weighted by molar-refractivity contribution is 5.91. The monoisotopic (exact) mass is 723 g/mol. The van der Waals surface area contributed by atoms with Crippen LogP contribution in [0, 0.1) is 45.3 Å². The van der Waals surface area contributed by atoms with Crippen LogP contribution in [0.4, 0.5) is 0 Å². The summed E-state index contributed by atoms with van der Waals surface area (Å²) in [5.74, 6) is 0.398. The first-order valence-corrected chi connectivity index (χ1v) is 20.0. The molecule has 4 aliphatic carbocycles. The summed E-state index contributed by atoms with van der Waals surface area (Å²) >= 11 is 0. The lowest BCUT2D eigenvalue weighted by molar-refractivity contribution is -0.177. The minimum absolute atomic E-state index is 0.0542. The van der Waals surface area contributed by atoms with Crippen LogP contribution in [0.1, 0.15) is 147 Å². The van der Waals surface area contributed by atoms with Crippen molar-refractivity contribution in [2.75, 3.05) is 13.2 Å². The maximum atomic E-state index is 13.1. The number of carbonyl (C=O) groups is 3. The van der Waals surface area contributed by atoms with E-state index in [0.717, 1.165) is 64.2 Å². The average Bonchev–Trinajstić information content (AvgIpc) is 3.03. The number of aliphatic hydroxyl groups excluding tert-OH is 1. The Hall–Kier alpha value is -2.67. The molecular formula is C45H70O7. The van der Waals surface area contributed by atoms with Crippen molar-refractivity contribution in [3.63, 3.8) is 0 Å². The molecule has 7 nitrogen and oxygen atoms in total. The number of carbonyl (C=O) groups excluding carboxylic acids is 3. The van der Waals surface area contributed by atoms with Gasteiger partial charge in [-0.2, -0.15) is 0 Å². The summed E-state index contributed by atoms with van der Waals surface area (Å²) in [4.78, 5) is 37.7. The van der Waals surface area contributed by atoms with Crippen molar-refractivity contribution in [2.24, 2.45) is 45.3 Å². The van der Waals surface area contributed by atoms with E-state index in [1.807, 2.05) is 12.2 Å². The molecule has 52 heavy (non-hydrogen) atoms. The highest BCUT2D eigenvalue weighted by Crippen LogP contribution is 2.62. The van der Waals surface area contributed by atoms with Crippen LogP contribution in [0.25, 0.3) is 0 Å². The van der Waals surface area contributed by atoms with Gasteiger partial charge in [-0.25, -0.2) is 0 Å². The van der Waals surface area contributed by atoms with E-state index in [4.69, 9.17) is 14.2 Å². The zero-order valence-corrected chi connectivity index (χ0v) is 34.4. The van der Waals surface area contributed by atoms with Crippen LogP contribution in [0.5, 0.6) is 0 Å². The molecule has 0 spiro atoms. The fourth-order valence-electron chi connectivity index (χ4n) is 11.5. The molecule has 7 heteroatoms. The lowest BCUT2D eigenvalue weighted by atomic mass is 9.47. The van der Waals surface area contributed by atoms with E-state index < -0.39 is 11.9 Å². The second kappa shape index (κ2) is 16.8. The van der Waals surface area contributed by atoms with Gasteiger partial charge in [0.25, 0.3) is 0 Å². The van der Waals surface area contributed by atoms with Crippen molar-refractivity contribution in [2.45, 2.75) is 159 Å². The van der Waals surface area contributed by atoms with E-state index in [1.54, 1.807) is 0 Å². The van der Waals surface area contributed by atoms with E-state index in [9.17, 15) is 19.5 Å². The molecule has 2 saturated carbocycles. The second-order valence-corrected chi connectivity index (χ2v) is 18.6. The molecule has 0 aliphatic heterocycles. The highest BCUT2D eigenvalue weighted by atomic mass is 16.6. The fourth-order valence-corrected chi connectivity index (χ4v) is 11.5. The van der Waals surface area contributed by atoms with E-state index in [-0.39, 0.29) is 59.5 Å². The lowest BCUT2D eigenvalue weighted by Gasteiger charge is -2.59. The summed E-state index contributed by atoms with van der Waals surface area (Å²) in [7, 11) is 0. The van der Waals surface area contributed by atoms with E-state index in [2.05, 4.69) is 81.4 Å². The Balaban J connectivity index is 1.27. The van der Waals surface area contributed by atoms with Gasteiger partial charge in [0.1, 0.15) is 25.2 Å². The van der Waals surface area contributed by atoms with Gasteiger partial charge in [0, 0.05) is 17.8 Å². The van der Waals surface area contributed by atoms with Gasteiger partial charge >= 0.3 is 17.9 Å². The van der Waals surface area contributed by atoms with E-state index >= 15 is 0 Å². The third kappa shape index (κ3) is 8.99. The van der Waals surface area contributed by atoms with Gasteiger partial charge < -0.3 is 19.3 Å². The van der Waals surface area contributed by atoms with Crippen LogP contribution < -0.4 is 0 Å². The Morgan fingerprint density at radius 3 is 1.65 bits per heavy atom. The molecule has 0 unspecified atom stereocenters. The Morgan fingerprint density at radius 2 is 1.19 bits per heavy atom. The predicted octanol–water partition coefficient (Wildman–Crippen LogP) is 10.0. The summed E-state index contributed by atoms with van der Waals surface area (Å²) in [5, 5.41) is 9.32. The molecule has 1 N–H and O–H groups in total. The van der Waals surface area contributed by atoms with Gasteiger partial charge in [-0.15, -0.1) is 0 Å². The van der Waals surface area contributed by atoms with Gasteiger partial charge in [0.15, 0.2) is 0 Å². The van der Waals surface area contributed by atoms with Crippen molar-refractivity contribution >= 4 is 17.9 Å². The lowest BCUT2D eigenvalue weighted by Crippen LogP contribution is -2.55. The minimum atomic E-state index is -0.553. The van der Waals surface area contributed by atoms with Crippen molar-refractivity contribution in [1.29, 1.82) is 0 Å². The number of ether oxygens (including phenoxy) is 3. The smallest absolute Gasteiger partial charge is 0.317 e. The average molecular weight is 723 g/mol. The molecular weight excluding hydrogens is 652 g/mol. The number of hydrogen-bond acceptors (Lipinski definition) is 7. The van der Waals surface area contributed by atoms with Gasteiger partial charge in [0.05, 0.1) is 6.61 Å². The third-order valence-corrected chi connectivity index (χ3v) is 14.6. The van der Waals surface area contributed by atoms with Crippen LogP contribution in [-0.2, 0) is 28.6 Å². The topological polar surface area (TPSA) is 99.1 Å². The van der Waals surface area contributed by atoms with Crippen molar-refractivity contribution in [3.8, 4) is 0 Å². The normalized spacial score (nSPS) is 34.2. The Kier molecular flexibility index (Phi) is 13.6. The fraction of sp³-hybridized carbons (Fsp3) is 0.756. The number of hydrogen-bond donors (Lipinski definition) is 1. The van der Waals surface area contributed by atoms with Crippen LogP contribution in [0.3, 0.4) is 0 Å². The number of allylic oxidation sites excluding steroid dienone is 6. The van der Waals surface area contributed by atoms with Gasteiger partial charge in [-0.05, 0) is 132 Å². The first-order valence-electron chi connectivity index (χ1n) is 20.0. The van der Waals surface area contributed by atoms with E-state index in [0.29, 0.717) is 23.7 Å². The molecule has 0 saturated heterocycles. The highest BCUT2D eigenvalue weighted by Gasteiger charge is 2.57. The van der Waals surface area contributed by atoms with Gasteiger partial charge in [-0.3, -0.25) is 14.4 Å². The largest absolute Gasteiger partial charge is 0.462 e. The molecule has 8 atom stereocenters. The van der Waals surface area contributed by atoms with Crippen LogP contribution in [0.2, 0.25) is 0 Å². The zero-order chi connectivity index (χ0) is 38.6. The molecule has 0 heterocycles. The first kappa shape index (κ1) is 42.1. The Morgan fingerprint density at radius 1 is 0.731 bits per heavy atom. The van der Waals surface area contributed by atoms with Crippen molar-refractivity contribution in [3.05, 3.63) is 46.6 Å². The second-order valence-electron chi connectivity index (χ2n) is 18.6. The van der Waals surface area contributed by atoms with E-state index in [1.165, 1.54) is 29.2 Å². The molecule has 0 amide bonds. The quantitative estimate of drug-likeness (QED) is 0.0874. The molecule has 4 aliphatic rings. The molecule has 0 aromatic heterocycles. The molecule has 2 fully saturated rings. The first-order chi connectivity index (χ1) is 24.3. The number of fused-ring (bicyclic) bond motifs is 2. The summed E-state index contributed by atoms with van der Waals surface area (Å²) in [6, 6.07) is 0. The standard InChI is InChI=1S/C45H70O7/c1-29(22-26-46)12-16-34-31(3)15-19-37-43(8,9)39(21-25-45(34,37)11)52-41(49)28-40(48)50-27-23-30(2)13-17-35-32(4)14-18-36-42(6,7)38(51-33(5)47)20-24-44(35,36)10/h14-15,22-23,34-39,46H,12-13,16-21,24-28H2,1-11H3/b29-22+,30-23+/t34-,35-,36-,37-,38+,39+,44-,45-/m1/s1. The van der Waals surface area contributed by atoms with Gasteiger partial charge in [0.2, 0.25) is 0 Å². The number of aliphatic hydroxyl groups is 1. The van der Waals surface area contributed by atoms with Crippen LogP contribution in [0.15, 0.2) is 46.6 Å². The molecule has 292 valence electrons. The summed E-state index contributed by atoms with van der Waals surface area (Å²) in [5.41, 5.74) is 5.17. The zero-order valence-electron chi connectivity index (χ0n) is 34.4. The Labute approximate surface area is 315 Å². The van der Waals surface area contributed by atoms with Crippen LogP contribution >= 0.6 is 0 Å². The summed E-state index contributed by atoms with van der Waals surface area (Å²) in [6.07, 6.45) is 17.5. The molecule has 0 bridgehead atoms. The molecule has 0 radical (unpaired) electrons. The number of esters is 3. The Bertz CT molecular complexity index is 1440. The van der Waals surface area contributed by atoms with Crippen molar-refractivity contribution < 1.29 is 33.7 Å². The minimum Gasteiger partial charge on any atom is -0.462 e. The summed E-state index contributed by atoms with van der Waals surface area (Å²) < 4.78 is 17.4. The molecule has 4 rings (SSSR count). The molecule has 0 aromatic rings. The van der Waals surface area contributed by atoms with Crippen molar-refractivity contribution in [1.82, 2.24) is 0 Å². The van der Waals surface area contributed by atoms with Gasteiger partial charge in [-0.1, -0.05) is 82.1 Å². The summed E-state index contributed by atoms with van der Waals surface area (Å²) in [6.45, 7) is 24.3. The predicted molar refractivity (Wildman–Crippen MR) is 207 cm³/mol. The maximum Gasteiger partial charge on any atom is 0.317 e. The number of rotatable bonds is 13. The SMILES string of the molecule is CC(=O)O[C@H]1CC[C@]2(C)[C@H](CC/C(C)=C/COC(=O)CC(=O)O[C@H]3CC[C@]4(C)[C@H](CC/C(C)=C/CO)C(C)=CC[C@@H]4C3(C)C)C(C)=CC[C@@H]2C1(C)C. The maximum absolute atomic E-state index is 13.1. The molecule has 0 aromatic carbocycles.